The van der Waals surface area contributed by atoms with Gasteiger partial charge in [0.15, 0.2) is 0 Å². The first-order valence-corrected chi connectivity index (χ1v) is 13.8. The van der Waals surface area contributed by atoms with Crippen molar-refractivity contribution >= 4 is 11.7 Å². The summed E-state index contributed by atoms with van der Waals surface area (Å²) in [6.07, 6.45) is 1.99. The van der Waals surface area contributed by atoms with Crippen molar-refractivity contribution in [2.24, 2.45) is 5.41 Å². The first kappa shape index (κ1) is 27.6. The number of likely N-dealkylation sites (tertiary alicyclic amines) is 2. The number of phenols is 1. The molecule has 1 atom stereocenters. The third kappa shape index (κ3) is 6.46. The van der Waals surface area contributed by atoms with E-state index in [1.54, 1.807) is 13.0 Å². The highest BCUT2D eigenvalue weighted by Crippen LogP contribution is 2.40. The van der Waals surface area contributed by atoms with Crippen molar-refractivity contribution in [1.29, 1.82) is 0 Å². The minimum Gasteiger partial charge on any atom is -0.507 e. The minimum atomic E-state index is -4.54. The molecule has 3 N–H and O–H groups in total. The Hall–Kier alpha value is -2.92. The van der Waals surface area contributed by atoms with Crippen LogP contribution in [0.25, 0.3) is 11.3 Å². The highest BCUT2D eigenvalue weighted by Gasteiger charge is 2.37. The van der Waals surface area contributed by atoms with E-state index in [0.717, 1.165) is 71.0 Å². The number of anilines is 1. The summed E-state index contributed by atoms with van der Waals surface area (Å²) in [6, 6.07) is 4.73. The zero-order valence-corrected chi connectivity index (χ0v) is 22.4. The zero-order chi connectivity index (χ0) is 27.6. The van der Waals surface area contributed by atoms with Crippen LogP contribution < -0.4 is 10.6 Å². The summed E-state index contributed by atoms with van der Waals surface area (Å²) in [6.45, 7) is 7.67. The third-order valence-corrected chi connectivity index (χ3v) is 8.62. The lowest BCUT2D eigenvalue weighted by molar-refractivity contribution is -0.137. The van der Waals surface area contributed by atoms with Gasteiger partial charge in [-0.2, -0.15) is 13.2 Å². The van der Waals surface area contributed by atoms with Gasteiger partial charge in [0.25, 0.3) is 0 Å². The summed E-state index contributed by atoms with van der Waals surface area (Å²) in [5, 5.41) is 25.5. The number of benzene rings is 1. The second-order valence-corrected chi connectivity index (χ2v) is 11.3. The normalized spacial score (nSPS) is 22.2. The molecule has 1 spiro atoms. The number of piperidine rings is 3. The third-order valence-electron chi connectivity index (χ3n) is 8.62. The molecule has 3 fully saturated rings. The maximum absolute atomic E-state index is 13.1. The molecule has 0 radical (unpaired) electrons. The average molecular weight is 547 g/mol. The average Bonchev–Trinajstić information content (AvgIpc) is 2.90. The molecule has 0 unspecified atom stereocenters. The molecule has 3 aliphatic heterocycles. The predicted molar refractivity (Wildman–Crippen MR) is 142 cm³/mol. The number of nitrogens with zero attached hydrogens (tertiary/aromatic N) is 4. The number of alkyl halides is 3. The smallest absolute Gasteiger partial charge is 0.416 e. The molecule has 11 heteroatoms. The van der Waals surface area contributed by atoms with Crippen LogP contribution in [0.5, 0.6) is 5.75 Å². The van der Waals surface area contributed by atoms with Crippen molar-refractivity contribution in [1.82, 2.24) is 25.3 Å². The Morgan fingerprint density at radius 3 is 2.54 bits per heavy atom. The fourth-order valence-electron chi connectivity index (χ4n) is 6.24. The van der Waals surface area contributed by atoms with E-state index in [9.17, 15) is 23.1 Å². The van der Waals surface area contributed by atoms with Gasteiger partial charge in [-0.05, 0) is 100 Å². The van der Waals surface area contributed by atoms with Crippen LogP contribution in [0, 0.1) is 12.3 Å². The molecule has 8 nitrogen and oxygen atoms in total. The first-order chi connectivity index (χ1) is 18.6. The second-order valence-electron chi connectivity index (χ2n) is 11.3. The number of carbonyl (C=O) groups is 1. The van der Waals surface area contributed by atoms with Gasteiger partial charge in [-0.1, -0.05) is 0 Å². The van der Waals surface area contributed by atoms with E-state index >= 15 is 0 Å². The molecule has 0 aliphatic carbocycles. The molecule has 3 aliphatic rings. The number of carbonyl (C=O) groups excluding carboxylic acids is 1. The van der Waals surface area contributed by atoms with E-state index in [2.05, 4.69) is 25.7 Å². The van der Waals surface area contributed by atoms with E-state index in [4.69, 9.17) is 0 Å². The quantitative estimate of drug-likeness (QED) is 0.521. The van der Waals surface area contributed by atoms with Crippen LogP contribution in [0.15, 0.2) is 24.3 Å². The monoisotopic (exact) mass is 546 g/mol. The van der Waals surface area contributed by atoms with Crippen LogP contribution in [-0.4, -0.2) is 82.9 Å². The summed E-state index contributed by atoms with van der Waals surface area (Å²) in [4.78, 5) is 17.3. The molecule has 1 amide bonds. The van der Waals surface area contributed by atoms with Gasteiger partial charge in [-0.3, -0.25) is 9.69 Å². The van der Waals surface area contributed by atoms with Gasteiger partial charge in [0.2, 0.25) is 5.91 Å². The summed E-state index contributed by atoms with van der Waals surface area (Å²) < 4.78 is 38.8. The van der Waals surface area contributed by atoms with Gasteiger partial charge in [0.1, 0.15) is 11.6 Å². The van der Waals surface area contributed by atoms with Gasteiger partial charge in [-0.15, -0.1) is 10.2 Å². The number of phenolic OH excluding ortho intramolecular Hbond substituents is 1. The maximum Gasteiger partial charge on any atom is 0.416 e. The largest absolute Gasteiger partial charge is 0.507 e. The number of aromatic hydroxyl groups is 1. The Morgan fingerprint density at radius 1 is 1.13 bits per heavy atom. The van der Waals surface area contributed by atoms with Crippen molar-refractivity contribution < 1.29 is 23.1 Å². The van der Waals surface area contributed by atoms with Crippen molar-refractivity contribution in [2.45, 2.75) is 57.7 Å². The van der Waals surface area contributed by atoms with Gasteiger partial charge < -0.3 is 20.6 Å². The van der Waals surface area contributed by atoms with Gasteiger partial charge in [0.05, 0.1) is 17.8 Å². The molecule has 0 bridgehead atoms. The fourth-order valence-corrected chi connectivity index (χ4v) is 6.24. The number of nitrogens with one attached hydrogen (secondary N) is 2. The molecule has 5 rings (SSSR count). The number of halogens is 3. The zero-order valence-electron chi connectivity index (χ0n) is 22.4. The number of hydrogen-bond acceptors (Lipinski definition) is 7. The van der Waals surface area contributed by atoms with Crippen molar-refractivity contribution in [3.63, 3.8) is 0 Å². The second kappa shape index (κ2) is 11.3. The minimum absolute atomic E-state index is 0.102. The summed E-state index contributed by atoms with van der Waals surface area (Å²) >= 11 is 0. The molecule has 39 heavy (non-hydrogen) atoms. The Bertz CT molecular complexity index is 1170. The molecule has 212 valence electrons. The molecule has 1 aromatic heterocycles. The number of amides is 1. The number of hydrogen-bond donors (Lipinski definition) is 3. The van der Waals surface area contributed by atoms with Gasteiger partial charge in [0, 0.05) is 31.2 Å². The van der Waals surface area contributed by atoms with Crippen LogP contribution in [0.4, 0.5) is 19.0 Å². The van der Waals surface area contributed by atoms with Gasteiger partial charge in [-0.25, -0.2) is 0 Å². The van der Waals surface area contributed by atoms with E-state index in [-0.39, 0.29) is 17.5 Å². The van der Waals surface area contributed by atoms with Crippen LogP contribution in [0.3, 0.4) is 0 Å². The van der Waals surface area contributed by atoms with Crippen molar-refractivity contribution in [3.05, 3.63) is 35.4 Å². The Morgan fingerprint density at radius 2 is 1.87 bits per heavy atom. The molecular weight excluding hydrogens is 509 g/mol. The van der Waals surface area contributed by atoms with E-state index in [1.165, 1.54) is 18.9 Å². The summed E-state index contributed by atoms with van der Waals surface area (Å²) in [5.41, 5.74) is 0.712. The maximum atomic E-state index is 13.1. The predicted octanol–water partition coefficient (Wildman–Crippen LogP) is 4.04. The SMILES string of the molecule is Cc1cc(N[C@@H]2CCCN(CC(=O)N3CCC4(CCNCC4)CC3)C2)nnc1-c1ccc(C(F)(F)F)cc1O. The van der Waals surface area contributed by atoms with Crippen molar-refractivity contribution in [3.8, 4) is 17.0 Å². The number of aromatic nitrogens is 2. The van der Waals surface area contributed by atoms with Crippen LogP contribution in [0.1, 0.15) is 49.7 Å². The number of aryl methyl sites for hydroxylation is 1. The van der Waals surface area contributed by atoms with Crippen LogP contribution >= 0.6 is 0 Å². The highest BCUT2D eigenvalue weighted by molar-refractivity contribution is 5.78. The first-order valence-electron chi connectivity index (χ1n) is 13.8. The van der Waals surface area contributed by atoms with Gasteiger partial charge >= 0.3 is 6.18 Å². The molecule has 4 heterocycles. The fraction of sp³-hybridized carbons (Fsp3) is 0.607. The summed E-state index contributed by atoms with van der Waals surface area (Å²) in [7, 11) is 0. The lowest BCUT2D eigenvalue weighted by atomic mass is 9.71. The van der Waals surface area contributed by atoms with Crippen LogP contribution in [-0.2, 0) is 11.0 Å². The van der Waals surface area contributed by atoms with E-state index < -0.39 is 17.5 Å². The molecule has 0 saturated carbocycles. The Labute approximate surface area is 227 Å². The number of rotatable bonds is 5. The van der Waals surface area contributed by atoms with E-state index in [0.29, 0.717) is 35.1 Å². The molecular formula is C28H37F3N6O2. The highest BCUT2D eigenvalue weighted by atomic mass is 19.4. The molecule has 3 saturated heterocycles. The Kier molecular flexibility index (Phi) is 8.00. The molecule has 2 aromatic rings. The Balaban J connectivity index is 1.15. The lowest BCUT2D eigenvalue weighted by Gasteiger charge is -2.45. The van der Waals surface area contributed by atoms with Crippen LogP contribution in [0.2, 0.25) is 0 Å². The molecule has 1 aromatic carbocycles. The van der Waals surface area contributed by atoms with Crippen molar-refractivity contribution in [2.75, 3.05) is 51.1 Å². The lowest BCUT2D eigenvalue weighted by Crippen LogP contribution is -2.51. The topological polar surface area (TPSA) is 93.6 Å². The van der Waals surface area contributed by atoms with E-state index in [1.807, 2.05) is 4.90 Å². The standard InChI is InChI=1S/C28H37F3N6O2/c1-19-15-24(34-35-26(19)22-5-4-20(16-23(22)38)28(29,30)31)33-21-3-2-12-36(17-21)18-25(39)37-13-8-27(9-14-37)6-10-32-11-7-27/h4-5,15-16,21,32,38H,2-3,6-14,17-18H2,1H3,(H,33,34)/t21-/m1/s1. The summed E-state index contributed by atoms with van der Waals surface area (Å²) in [5.74, 6) is 0.273.